The van der Waals surface area contributed by atoms with Crippen molar-refractivity contribution in [1.82, 2.24) is 9.71 Å². The summed E-state index contributed by atoms with van der Waals surface area (Å²) in [5, 5.41) is 17.3. The predicted molar refractivity (Wildman–Crippen MR) is 60.1 cm³/mol. The summed E-state index contributed by atoms with van der Waals surface area (Å²) >= 11 is 0. The van der Waals surface area contributed by atoms with Crippen LogP contribution in [0.5, 0.6) is 0 Å². The number of aromatic carboxylic acids is 1. The highest BCUT2D eigenvalue weighted by atomic mass is 32.2. The number of halogens is 2. The van der Waals surface area contributed by atoms with E-state index in [1.807, 2.05) is 0 Å². The molecule has 1 rings (SSSR count). The van der Waals surface area contributed by atoms with Gasteiger partial charge in [-0.25, -0.2) is 26.8 Å². The zero-order valence-electron chi connectivity index (χ0n) is 9.92. The van der Waals surface area contributed by atoms with Crippen LogP contribution in [-0.2, 0) is 14.8 Å². The molecule has 1 unspecified atom stereocenters. The Morgan fingerprint density at radius 1 is 1.40 bits per heavy atom. The van der Waals surface area contributed by atoms with E-state index in [0.717, 1.165) is 6.20 Å². The van der Waals surface area contributed by atoms with Crippen LogP contribution in [-0.4, -0.2) is 47.5 Å². The maximum absolute atomic E-state index is 12.7. The van der Waals surface area contributed by atoms with Gasteiger partial charge in [-0.15, -0.1) is 0 Å². The molecule has 0 aliphatic carbocycles. The quantitative estimate of drug-likeness (QED) is 0.588. The molecular formula is C9H10F2N2O6S. The fourth-order valence-corrected chi connectivity index (χ4v) is 2.51. The van der Waals surface area contributed by atoms with Crippen molar-refractivity contribution in [2.45, 2.75) is 23.8 Å². The summed E-state index contributed by atoms with van der Waals surface area (Å²) in [6, 6.07) is 0.679. The lowest BCUT2D eigenvalue weighted by molar-refractivity contribution is -0.149. The standard InChI is InChI=1S/C9H10F2N2O6S/c1-9(7(10)11,8(16)17)13-20(18,19)4-2-5(6(14)15)12-3-4/h2-3,7,12-13H,1H3,(H,14,15)(H,16,17). The number of alkyl halides is 2. The van der Waals surface area contributed by atoms with Gasteiger partial charge in [-0.1, -0.05) is 0 Å². The first-order valence-corrected chi connectivity index (χ1v) is 6.46. The lowest BCUT2D eigenvalue weighted by Crippen LogP contribution is -2.57. The Balaban J connectivity index is 3.16. The molecule has 0 saturated heterocycles. The molecule has 0 bridgehead atoms. The summed E-state index contributed by atoms with van der Waals surface area (Å²) in [7, 11) is -4.63. The minimum Gasteiger partial charge on any atom is -0.480 e. The number of hydrogen-bond donors (Lipinski definition) is 4. The first-order valence-electron chi connectivity index (χ1n) is 4.98. The smallest absolute Gasteiger partial charge is 0.352 e. The van der Waals surface area contributed by atoms with E-state index >= 15 is 0 Å². The molecular weight excluding hydrogens is 302 g/mol. The number of aromatic nitrogens is 1. The lowest BCUT2D eigenvalue weighted by atomic mass is 10.1. The normalized spacial score (nSPS) is 15.0. The van der Waals surface area contributed by atoms with E-state index in [-0.39, 0.29) is 0 Å². The Bertz CT molecular complexity index is 641. The Kier molecular flexibility index (Phi) is 4.15. The molecule has 11 heteroatoms. The van der Waals surface area contributed by atoms with Gasteiger partial charge in [0.25, 0.3) is 6.43 Å². The third kappa shape index (κ3) is 2.93. The van der Waals surface area contributed by atoms with E-state index in [4.69, 9.17) is 10.2 Å². The number of aromatic amines is 1. The maximum Gasteiger partial charge on any atom is 0.352 e. The molecule has 0 fully saturated rings. The molecule has 0 amide bonds. The highest BCUT2D eigenvalue weighted by Crippen LogP contribution is 2.20. The Labute approximate surface area is 111 Å². The molecule has 0 saturated carbocycles. The van der Waals surface area contributed by atoms with E-state index in [2.05, 4.69) is 4.98 Å². The average Bonchev–Trinajstić information content (AvgIpc) is 2.77. The molecule has 0 radical (unpaired) electrons. The lowest BCUT2D eigenvalue weighted by Gasteiger charge is -2.24. The number of aliphatic carboxylic acids is 1. The van der Waals surface area contributed by atoms with E-state index in [9.17, 15) is 26.8 Å². The Morgan fingerprint density at radius 3 is 2.30 bits per heavy atom. The van der Waals surface area contributed by atoms with Crippen LogP contribution >= 0.6 is 0 Å². The molecule has 1 aromatic heterocycles. The van der Waals surface area contributed by atoms with Crippen molar-refractivity contribution in [3.05, 3.63) is 18.0 Å². The second-order valence-corrected chi connectivity index (χ2v) is 5.65. The Hall–Kier alpha value is -2.01. The van der Waals surface area contributed by atoms with Gasteiger partial charge in [-0.2, -0.15) is 4.72 Å². The number of carbonyl (C=O) groups is 2. The van der Waals surface area contributed by atoms with E-state index in [0.29, 0.717) is 13.0 Å². The highest BCUT2D eigenvalue weighted by molar-refractivity contribution is 7.89. The second-order valence-electron chi connectivity index (χ2n) is 3.97. The van der Waals surface area contributed by atoms with Gasteiger partial charge in [0.05, 0.1) is 0 Å². The summed E-state index contributed by atoms with van der Waals surface area (Å²) in [5.41, 5.74) is -3.51. The molecule has 0 aliphatic rings. The maximum atomic E-state index is 12.7. The van der Waals surface area contributed by atoms with Gasteiger partial charge < -0.3 is 15.2 Å². The summed E-state index contributed by atoms with van der Waals surface area (Å²) in [6.45, 7) is 0.502. The van der Waals surface area contributed by atoms with Gasteiger partial charge in [0, 0.05) is 6.20 Å². The third-order valence-electron chi connectivity index (χ3n) is 2.42. The number of nitrogens with one attached hydrogen (secondary N) is 2. The van der Waals surface area contributed by atoms with Crippen LogP contribution < -0.4 is 4.72 Å². The molecule has 8 nitrogen and oxygen atoms in total. The SMILES string of the molecule is CC(NS(=O)(=O)c1c[nH]c(C(=O)O)c1)(C(=O)O)C(F)F. The van der Waals surface area contributed by atoms with Crippen LogP contribution in [0.4, 0.5) is 8.78 Å². The van der Waals surface area contributed by atoms with Gasteiger partial charge in [0.2, 0.25) is 10.0 Å². The monoisotopic (exact) mass is 312 g/mol. The molecule has 0 spiro atoms. The minimum atomic E-state index is -4.63. The summed E-state index contributed by atoms with van der Waals surface area (Å²) in [6.07, 6.45) is -2.76. The number of carboxylic acid groups (broad SMARTS) is 2. The summed E-state index contributed by atoms with van der Waals surface area (Å²) < 4.78 is 50.3. The van der Waals surface area contributed by atoms with E-state index in [1.165, 1.54) is 4.72 Å². The van der Waals surface area contributed by atoms with Crippen molar-refractivity contribution in [2.24, 2.45) is 0 Å². The number of carboxylic acids is 2. The van der Waals surface area contributed by atoms with Crippen molar-refractivity contribution in [2.75, 3.05) is 0 Å². The summed E-state index contributed by atoms with van der Waals surface area (Å²) in [5.74, 6) is -3.52. The van der Waals surface area contributed by atoms with Crippen LogP contribution in [0.3, 0.4) is 0 Å². The van der Waals surface area contributed by atoms with Crippen molar-refractivity contribution in [1.29, 1.82) is 0 Å². The van der Waals surface area contributed by atoms with E-state index < -0.39 is 44.5 Å². The van der Waals surface area contributed by atoms with E-state index in [1.54, 1.807) is 0 Å². The Morgan fingerprint density at radius 2 is 1.95 bits per heavy atom. The largest absolute Gasteiger partial charge is 0.480 e. The molecule has 112 valence electrons. The van der Waals surface area contributed by atoms with Crippen molar-refractivity contribution >= 4 is 22.0 Å². The van der Waals surface area contributed by atoms with Crippen LogP contribution in [0.15, 0.2) is 17.2 Å². The van der Waals surface area contributed by atoms with Gasteiger partial charge in [0.1, 0.15) is 10.6 Å². The third-order valence-corrected chi connectivity index (χ3v) is 3.97. The first-order chi connectivity index (χ1) is 9.00. The topological polar surface area (TPSA) is 137 Å². The van der Waals surface area contributed by atoms with Crippen LogP contribution in [0, 0.1) is 0 Å². The number of sulfonamides is 1. The molecule has 0 aromatic carbocycles. The molecule has 1 atom stereocenters. The summed E-state index contributed by atoms with van der Waals surface area (Å²) in [4.78, 5) is 22.8. The minimum absolute atomic E-state index is 0.487. The molecule has 20 heavy (non-hydrogen) atoms. The zero-order valence-corrected chi connectivity index (χ0v) is 10.7. The predicted octanol–water partition coefficient (Wildman–Crippen LogP) is 0.0996. The van der Waals surface area contributed by atoms with Gasteiger partial charge >= 0.3 is 11.9 Å². The van der Waals surface area contributed by atoms with Gasteiger partial charge in [0.15, 0.2) is 5.54 Å². The number of rotatable bonds is 6. The second kappa shape index (κ2) is 5.17. The number of H-pyrrole nitrogens is 1. The van der Waals surface area contributed by atoms with Crippen molar-refractivity contribution in [3.63, 3.8) is 0 Å². The van der Waals surface area contributed by atoms with Crippen molar-refractivity contribution in [3.8, 4) is 0 Å². The van der Waals surface area contributed by atoms with Gasteiger partial charge in [-0.05, 0) is 13.0 Å². The molecule has 1 heterocycles. The fourth-order valence-electron chi connectivity index (χ4n) is 1.17. The molecule has 4 N–H and O–H groups in total. The van der Waals surface area contributed by atoms with Crippen LogP contribution in [0.25, 0.3) is 0 Å². The van der Waals surface area contributed by atoms with Crippen LogP contribution in [0.1, 0.15) is 17.4 Å². The van der Waals surface area contributed by atoms with Crippen molar-refractivity contribution < 1.29 is 37.0 Å². The zero-order chi connectivity index (χ0) is 15.7. The molecule has 1 aromatic rings. The number of hydrogen-bond acceptors (Lipinski definition) is 4. The average molecular weight is 312 g/mol. The fraction of sp³-hybridized carbons (Fsp3) is 0.333. The van der Waals surface area contributed by atoms with Gasteiger partial charge in [-0.3, -0.25) is 0 Å². The van der Waals surface area contributed by atoms with Crippen LogP contribution in [0.2, 0.25) is 0 Å². The molecule has 0 aliphatic heterocycles. The first kappa shape index (κ1) is 16.0. The highest BCUT2D eigenvalue weighted by Gasteiger charge is 2.46.